The van der Waals surface area contributed by atoms with Crippen LogP contribution < -0.4 is 10.1 Å². The maximum atomic E-state index is 12.9. The van der Waals surface area contributed by atoms with Gasteiger partial charge in [0.05, 0.1) is 12.6 Å². The van der Waals surface area contributed by atoms with Crippen LogP contribution in [0.25, 0.3) is 22.2 Å². The molecule has 0 fully saturated rings. The molecule has 1 atom stereocenters. The van der Waals surface area contributed by atoms with E-state index in [0.29, 0.717) is 11.6 Å². The molecule has 0 aliphatic heterocycles. The average molecular weight is 420 g/mol. The highest BCUT2D eigenvalue weighted by Gasteiger charge is 2.21. The highest BCUT2D eigenvalue weighted by molar-refractivity contribution is 6.31. The molecule has 0 unspecified atom stereocenters. The number of carbonyl (C=O) groups is 1. The van der Waals surface area contributed by atoms with E-state index in [1.54, 1.807) is 11.8 Å². The van der Waals surface area contributed by atoms with Crippen molar-refractivity contribution in [3.63, 3.8) is 0 Å². The standard InChI is InChI=1S/C24H22ClN3O2/c1-16(24(29)26-15-18-10-6-7-11-22(18)30-2)28-21-13-12-19(25)14-20(21)23(27-28)17-8-4-3-5-9-17/h3-14,16H,15H2,1-2H3,(H,26,29)/t16-/m0/s1. The van der Waals surface area contributed by atoms with Crippen molar-refractivity contribution in [2.24, 2.45) is 0 Å². The Bertz CT molecular complexity index is 1190. The fourth-order valence-electron chi connectivity index (χ4n) is 3.51. The first-order chi connectivity index (χ1) is 14.6. The average Bonchev–Trinajstić information content (AvgIpc) is 3.16. The molecule has 0 spiro atoms. The smallest absolute Gasteiger partial charge is 0.244 e. The van der Waals surface area contributed by atoms with Crippen LogP contribution in [0, 0.1) is 0 Å². The van der Waals surface area contributed by atoms with Gasteiger partial charge in [0.1, 0.15) is 17.5 Å². The number of rotatable bonds is 6. The van der Waals surface area contributed by atoms with E-state index < -0.39 is 6.04 Å². The monoisotopic (exact) mass is 419 g/mol. The lowest BCUT2D eigenvalue weighted by Crippen LogP contribution is -2.31. The lowest BCUT2D eigenvalue weighted by atomic mass is 10.1. The minimum atomic E-state index is -0.499. The van der Waals surface area contributed by atoms with Gasteiger partial charge in [-0.25, -0.2) is 0 Å². The summed E-state index contributed by atoms with van der Waals surface area (Å²) in [7, 11) is 1.62. The number of fused-ring (bicyclic) bond motifs is 1. The normalized spacial score (nSPS) is 12.0. The third-order valence-corrected chi connectivity index (χ3v) is 5.34. The number of nitrogens with zero attached hydrogens (tertiary/aromatic N) is 2. The summed E-state index contributed by atoms with van der Waals surface area (Å²) in [6.45, 7) is 2.22. The Hall–Kier alpha value is -3.31. The van der Waals surface area contributed by atoms with Crippen molar-refractivity contribution in [2.45, 2.75) is 19.5 Å². The second-order valence-electron chi connectivity index (χ2n) is 7.03. The zero-order chi connectivity index (χ0) is 21.1. The zero-order valence-electron chi connectivity index (χ0n) is 16.8. The summed E-state index contributed by atoms with van der Waals surface area (Å²) < 4.78 is 7.12. The molecule has 0 bridgehead atoms. The van der Waals surface area contributed by atoms with Crippen molar-refractivity contribution in [3.8, 4) is 17.0 Å². The third-order valence-electron chi connectivity index (χ3n) is 5.11. The zero-order valence-corrected chi connectivity index (χ0v) is 17.6. The SMILES string of the molecule is COc1ccccc1CNC(=O)[C@H](C)n1nc(-c2ccccc2)c2cc(Cl)ccc21. The predicted octanol–water partition coefficient (Wildman–Crippen LogP) is 5.24. The summed E-state index contributed by atoms with van der Waals surface area (Å²) in [5.74, 6) is 0.621. The van der Waals surface area contributed by atoms with Crippen LogP contribution in [0.15, 0.2) is 72.8 Å². The predicted molar refractivity (Wildman–Crippen MR) is 120 cm³/mol. The molecule has 1 aromatic heterocycles. The number of amides is 1. The molecule has 152 valence electrons. The van der Waals surface area contributed by atoms with Gasteiger partial charge in [-0.1, -0.05) is 60.1 Å². The molecule has 30 heavy (non-hydrogen) atoms. The van der Waals surface area contributed by atoms with E-state index in [-0.39, 0.29) is 5.91 Å². The van der Waals surface area contributed by atoms with E-state index in [4.69, 9.17) is 21.4 Å². The van der Waals surface area contributed by atoms with Crippen LogP contribution in [0.1, 0.15) is 18.5 Å². The molecule has 4 aromatic rings. The quantitative estimate of drug-likeness (QED) is 0.464. The number of carbonyl (C=O) groups excluding carboxylic acids is 1. The summed E-state index contributed by atoms with van der Waals surface area (Å²) in [6.07, 6.45) is 0. The Labute approximate surface area is 180 Å². The summed E-state index contributed by atoms with van der Waals surface area (Å²) >= 11 is 6.25. The third kappa shape index (κ3) is 3.89. The van der Waals surface area contributed by atoms with Crippen LogP contribution in [-0.4, -0.2) is 22.8 Å². The summed E-state index contributed by atoms with van der Waals surface area (Å²) in [5, 5.41) is 9.32. The van der Waals surface area contributed by atoms with E-state index in [0.717, 1.165) is 33.5 Å². The molecule has 1 heterocycles. The number of aromatic nitrogens is 2. The Kier molecular flexibility index (Phi) is 5.72. The van der Waals surface area contributed by atoms with Crippen LogP contribution in [0.2, 0.25) is 5.02 Å². The van der Waals surface area contributed by atoms with E-state index >= 15 is 0 Å². The minimum absolute atomic E-state index is 0.125. The van der Waals surface area contributed by atoms with Crippen LogP contribution in [0.4, 0.5) is 0 Å². The summed E-state index contributed by atoms with van der Waals surface area (Å²) in [6, 6.07) is 22.6. The van der Waals surface area contributed by atoms with Gasteiger partial charge in [-0.3, -0.25) is 9.48 Å². The van der Waals surface area contributed by atoms with E-state index in [9.17, 15) is 4.79 Å². The number of ether oxygens (including phenoxy) is 1. The molecule has 0 saturated carbocycles. The lowest BCUT2D eigenvalue weighted by molar-refractivity contribution is -0.124. The Morgan fingerprint density at radius 2 is 1.83 bits per heavy atom. The maximum absolute atomic E-state index is 12.9. The lowest BCUT2D eigenvalue weighted by Gasteiger charge is -2.15. The molecule has 1 N–H and O–H groups in total. The maximum Gasteiger partial charge on any atom is 0.244 e. The number of hydrogen-bond donors (Lipinski definition) is 1. The highest BCUT2D eigenvalue weighted by atomic mass is 35.5. The fraction of sp³-hybridized carbons (Fsp3) is 0.167. The van der Waals surface area contributed by atoms with E-state index in [1.807, 2.05) is 79.7 Å². The Balaban J connectivity index is 1.64. The van der Waals surface area contributed by atoms with Gasteiger partial charge in [-0.05, 0) is 31.2 Å². The first-order valence-corrected chi connectivity index (χ1v) is 10.1. The van der Waals surface area contributed by atoms with Crippen molar-refractivity contribution >= 4 is 28.4 Å². The highest BCUT2D eigenvalue weighted by Crippen LogP contribution is 2.31. The fourth-order valence-corrected chi connectivity index (χ4v) is 3.68. The van der Waals surface area contributed by atoms with Gasteiger partial charge in [0.15, 0.2) is 0 Å². The molecule has 3 aromatic carbocycles. The van der Waals surface area contributed by atoms with Crippen LogP contribution >= 0.6 is 11.6 Å². The molecular weight excluding hydrogens is 398 g/mol. The first-order valence-electron chi connectivity index (χ1n) is 9.71. The Morgan fingerprint density at radius 1 is 1.10 bits per heavy atom. The number of benzene rings is 3. The molecule has 0 radical (unpaired) electrons. The molecule has 5 nitrogen and oxygen atoms in total. The van der Waals surface area contributed by atoms with Gasteiger partial charge in [0.25, 0.3) is 0 Å². The minimum Gasteiger partial charge on any atom is -0.496 e. The van der Waals surface area contributed by atoms with Crippen LogP contribution in [-0.2, 0) is 11.3 Å². The van der Waals surface area contributed by atoms with Crippen LogP contribution in [0.5, 0.6) is 5.75 Å². The number of halogens is 1. The molecule has 0 saturated heterocycles. The van der Waals surface area contributed by atoms with Crippen LogP contribution in [0.3, 0.4) is 0 Å². The van der Waals surface area contributed by atoms with Crippen molar-refractivity contribution in [2.75, 3.05) is 7.11 Å². The first kappa shape index (κ1) is 20.0. The van der Waals surface area contributed by atoms with Gasteiger partial charge in [0.2, 0.25) is 5.91 Å². The van der Waals surface area contributed by atoms with Crippen molar-refractivity contribution in [1.29, 1.82) is 0 Å². The molecule has 6 heteroatoms. The van der Waals surface area contributed by atoms with Gasteiger partial charge in [-0.15, -0.1) is 0 Å². The second kappa shape index (κ2) is 8.59. The number of hydrogen-bond acceptors (Lipinski definition) is 3. The topological polar surface area (TPSA) is 56.1 Å². The Morgan fingerprint density at radius 3 is 2.60 bits per heavy atom. The van der Waals surface area contributed by atoms with Gasteiger partial charge in [0, 0.05) is 28.1 Å². The number of para-hydroxylation sites is 1. The molecular formula is C24H22ClN3O2. The van der Waals surface area contributed by atoms with Gasteiger partial charge >= 0.3 is 0 Å². The van der Waals surface area contributed by atoms with Gasteiger partial charge in [-0.2, -0.15) is 5.10 Å². The van der Waals surface area contributed by atoms with Crippen molar-refractivity contribution < 1.29 is 9.53 Å². The summed E-state index contributed by atoms with van der Waals surface area (Å²) in [4.78, 5) is 12.9. The van der Waals surface area contributed by atoms with E-state index in [2.05, 4.69) is 5.32 Å². The van der Waals surface area contributed by atoms with Gasteiger partial charge < -0.3 is 10.1 Å². The summed E-state index contributed by atoms with van der Waals surface area (Å²) in [5.41, 5.74) is 3.56. The largest absolute Gasteiger partial charge is 0.496 e. The molecule has 0 aliphatic carbocycles. The molecule has 4 rings (SSSR count). The van der Waals surface area contributed by atoms with Crippen molar-refractivity contribution in [3.05, 3.63) is 83.4 Å². The van der Waals surface area contributed by atoms with Crippen molar-refractivity contribution in [1.82, 2.24) is 15.1 Å². The molecule has 1 amide bonds. The van der Waals surface area contributed by atoms with E-state index in [1.165, 1.54) is 0 Å². The molecule has 0 aliphatic rings. The number of methoxy groups -OCH3 is 1. The number of nitrogens with one attached hydrogen (secondary N) is 1. The second-order valence-corrected chi connectivity index (χ2v) is 7.46.